The van der Waals surface area contributed by atoms with Gasteiger partial charge in [-0.15, -0.1) is 0 Å². The van der Waals surface area contributed by atoms with E-state index in [1.807, 2.05) is 0 Å². The summed E-state index contributed by atoms with van der Waals surface area (Å²) in [5, 5.41) is 3.55. The van der Waals surface area contributed by atoms with Crippen LogP contribution in [0.5, 0.6) is 0 Å². The Morgan fingerprint density at radius 2 is 1.93 bits per heavy atom. The average molecular weight is 211 g/mol. The van der Waals surface area contributed by atoms with E-state index in [-0.39, 0.29) is 0 Å². The highest BCUT2D eigenvalue weighted by Gasteiger charge is 2.29. The molecular formula is C14H29N. The first-order valence-electron chi connectivity index (χ1n) is 6.82. The first-order chi connectivity index (χ1) is 7.15. The minimum Gasteiger partial charge on any atom is -0.317 e. The topological polar surface area (TPSA) is 12.0 Å². The first kappa shape index (κ1) is 13.0. The summed E-state index contributed by atoms with van der Waals surface area (Å²) in [5.41, 5.74) is 0. The summed E-state index contributed by atoms with van der Waals surface area (Å²) < 4.78 is 0. The second-order valence-corrected chi connectivity index (χ2v) is 5.79. The van der Waals surface area contributed by atoms with Crippen molar-refractivity contribution in [2.75, 3.05) is 7.05 Å². The highest BCUT2D eigenvalue weighted by Crippen LogP contribution is 2.35. The standard InChI is InChI=1S/C14H29N/c1-11(2)7-5-10-14(15-4)13-9-6-8-12(13)3/h11-15H,5-10H2,1-4H3. The van der Waals surface area contributed by atoms with Crippen molar-refractivity contribution in [2.24, 2.45) is 17.8 Å². The summed E-state index contributed by atoms with van der Waals surface area (Å²) in [6.45, 7) is 7.09. The highest BCUT2D eigenvalue weighted by atomic mass is 14.9. The number of nitrogens with one attached hydrogen (secondary N) is 1. The lowest BCUT2D eigenvalue weighted by Crippen LogP contribution is -2.34. The van der Waals surface area contributed by atoms with Gasteiger partial charge < -0.3 is 5.32 Å². The van der Waals surface area contributed by atoms with E-state index in [9.17, 15) is 0 Å². The van der Waals surface area contributed by atoms with Crippen LogP contribution in [0.25, 0.3) is 0 Å². The van der Waals surface area contributed by atoms with E-state index < -0.39 is 0 Å². The highest BCUT2D eigenvalue weighted by molar-refractivity contribution is 4.84. The van der Waals surface area contributed by atoms with Crippen molar-refractivity contribution in [3.05, 3.63) is 0 Å². The second-order valence-electron chi connectivity index (χ2n) is 5.79. The molecule has 0 bridgehead atoms. The SMILES string of the molecule is CNC(CCCC(C)C)C1CCCC1C. The summed E-state index contributed by atoms with van der Waals surface area (Å²) in [6.07, 6.45) is 8.52. The summed E-state index contributed by atoms with van der Waals surface area (Å²) in [5.74, 6) is 2.76. The van der Waals surface area contributed by atoms with Crippen LogP contribution in [0.4, 0.5) is 0 Å². The molecule has 0 aromatic heterocycles. The largest absolute Gasteiger partial charge is 0.317 e. The lowest BCUT2D eigenvalue weighted by atomic mass is 9.87. The summed E-state index contributed by atoms with van der Waals surface area (Å²) >= 11 is 0. The van der Waals surface area contributed by atoms with Gasteiger partial charge in [-0.1, -0.05) is 46.5 Å². The predicted octanol–water partition coefficient (Wildman–Crippen LogP) is 3.84. The Labute approximate surface area is 96.0 Å². The van der Waals surface area contributed by atoms with Crippen molar-refractivity contribution >= 4 is 0 Å². The van der Waals surface area contributed by atoms with Crippen molar-refractivity contribution in [3.8, 4) is 0 Å². The molecule has 1 nitrogen and oxygen atoms in total. The van der Waals surface area contributed by atoms with Crippen molar-refractivity contribution in [3.63, 3.8) is 0 Å². The third-order valence-corrected chi connectivity index (χ3v) is 4.11. The Bertz CT molecular complexity index is 165. The quantitative estimate of drug-likeness (QED) is 0.704. The molecule has 1 saturated carbocycles. The summed E-state index contributed by atoms with van der Waals surface area (Å²) in [4.78, 5) is 0. The van der Waals surface area contributed by atoms with Crippen LogP contribution < -0.4 is 5.32 Å². The van der Waals surface area contributed by atoms with Crippen molar-refractivity contribution in [2.45, 2.75) is 65.3 Å². The summed E-state index contributed by atoms with van der Waals surface area (Å²) in [7, 11) is 2.14. The molecule has 0 radical (unpaired) electrons. The third-order valence-electron chi connectivity index (χ3n) is 4.11. The van der Waals surface area contributed by atoms with E-state index in [1.54, 1.807) is 0 Å². The van der Waals surface area contributed by atoms with Gasteiger partial charge in [-0.25, -0.2) is 0 Å². The van der Waals surface area contributed by atoms with Gasteiger partial charge >= 0.3 is 0 Å². The molecule has 0 saturated heterocycles. The number of hydrogen-bond donors (Lipinski definition) is 1. The molecule has 1 rings (SSSR count). The Hall–Kier alpha value is -0.0400. The maximum absolute atomic E-state index is 3.55. The first-order valence-corrected chi connectivity index (χ1v) is 6.82. The average Bonchev–Trinajstić information content (AvgIpc) is 2.59. The van der Waals surface area contributed by atoms with E-state index in [0.717, 1.165) is 23.8 Å². The molecule has 3 atom stereocenters. The van der Waals surface area contributed by atoms with E-state index in [4.69, 9.17) is 0 Å². The van der Waals surface area contributed by atoms with Crippen LogP contribution in [0.1, 0.15) is 59.3 Å². The van der Waals surface area contributed by atoms with Gasteiger partial charge in [0, 0.05) is 6.04 Å². The third kappa shape index (κ3) is 4.14. The fraction of sp³-hybridized carbons (Fsp3) is 1.00. The molecule has 15 heavy (non-hydrogen) atoms. The second kappa shape index (κ2) is 6.52. The van der Waals surface area contributed by atoms with Crippen LogP contribution in [0, 0.1) is 17.8 Å². The number of hydrogen-bond acceptors (Lipinski definition) is 1. The minimum atomic E-state index is 0.779. The van der Waals surface area contributed by atoms with Gasteiger partial charge in [0.2, 0.25) is 0 Å². The van der Waals surface area contributed by atoms with Gasteiger partial charge in [0.05, 0.1) is 0 Å². The smallest absolute Gasteiger partial charge is 0.00948 e. The zero-order valence-electron chi connectivity index (χ0n) is 11.1. The monoisotopic (exact) mass is 211 g/mol. The van der Waals surface area contributed by atoms with Gasteiger partial charge in [-0.3, -0.25) is 0 Å². The molecule has 1 aliphatic carbocycles. The lowest BCUT2D eigenvalue weighted by molar-refractivity contribution is 0.287. The van der Waals surface area contributed by atoms with Crippen molar-refractivity contribution in [1.29, 1.82) is 0 Å². The molecule has 1 N–H and O–H groups in total. The van der Waals surface area contributed by atoms with E-state index in [0.29, 0.717) is 0 Å². The van der Waals surface area contributed by atoms with Crippen LogP contribution in [0.3, 0.4) is 0 Å². The van der Waals surface area contributed by atoms with Crippen molar-refractivity contribution in [1.82, 2.24) is 5.32 Å². The zero-order valence-corrected chi connectivity index (χ0v) is 11.1. The van der Waals surface area contributed by atoms with Crippen LogP contribution >= 0.6 is 0 Å². The zero-order chi connectivity index (χ0) is 11.3. The summed E-state index contributed by atoms with van der Waals surface area (Å²) in [6, 6.07) is 0.779. The normalized spacial score (nSPS) is 28.6. The molecule has 3 unspecified atom stereocenters. The van der Waals surface area contributed by atoms with Gasteiger partial charge in [0.25, 0.3) is 0 Å². The molecule has 0 aromatic rings. The fourth-order valence-electron chi connectivity index (χ4n) is 3.09. The molecule has 0 aromatic carbocycles. The lowest BCUT2D eigenvalue weighted by Gasteiger charge is -2.27. The van der Waals surface area contributed by atoms with Gasteiger partial charge in [-0.05, 0) is 37.6 Å². The molecule has 0 aliphatic heterocycles. The van der Waals surface area contributed by atoms with Gasteiger partial charge in [0.15, 0.2) is 0 Å². The molecule has 90 valence electrons. The minimum absolute atomic E-state index is 0.779. The van der Waals surface area contributed by atoms with Crippen LogP contribution in [0.15, 0.2) is 0 Å². The fourth-order valence-corrected chi connectivity index (χ4v) is 3.09. The van der Waals surface area contributed by atoms with Crippen LogP contribution in [-0.4, -0.2) is 13.1 Å². The molecule has 0 spiro atoms. The van der Waals surface area contributed by atoms with E-state index in [1.165, 1.54) is 38.5 Å². The maximum atomic E-state index is 3.55. The Kier molecular flexibility index (Phi) is 5.66. The Morgan fingerprint density at radius 1 is 1.20 bits per heavy atom. The van der Waals surface area contributed by atoms with E-state index in [2.05, 4.69) is 33.1 Å². The van der Waals surface area contributed by atoms with Crippen LogP contribution in [0.2, 0.25) is 0 Å². The molecule has 1 heteroatoms. The number of rotatable bonds is 6. The molecular weight excluding hydrogens is 182 g/mol. The van der Waals surface area contributed by atoms with Crippen molar-refractivity contribution < 1.29 is 0 Å². The predicted molar refractivity (Wildman–Crippen MR) is 68.0 cm³/mol. The van der Waals surface area contributed by atoms with Gasteiger partial charge in [-0.2, -0.15) is 0 Å². The molecule has 1 aliphatic rings. The maximum Gasteiger partial charge on any atom is 0.00948 e. The Morgan fingerprint density at radius 3 is 2.40 bits per heavy atom. The molecule has 1 fully saturated rings. The molecule has 0 heterocycles. The van der Waals surface area contributed by atoms with E-state index >= 15 is 0 Å². The van der Waals surface area contributed by atoms with Gasteiger partial charge in [0.1, 0.15) is 0 Å². The molecule has 0 amide bonds. The Balaban J connectivity index is 2.28. The van der Waals surface area contributed by atoms with Crippen LogP contribution in [-0.2, 0) is 0 Å².